The molecule has 5 aromatic heterocycles. The Bertz CT molecular complexity index is 1780. The monoisotopic (exact) mass is 501 g/mol. The van der Waals surface area contributed by atoms with E-state index < -0.39 is 0 Å². The average Bonchev–Trinajstić information content (AvgIpc) is 3.51. The molecule has 0 atom stereocenters. The van der Waals surface area contributed by atoms with Gasteiger partial charge in [0.2, 0.25) is 5.91 Å². The molecule has 3 N–H and O–H groups in total. The summed E-state index contributed by atoms with van der Waals surface area (Å²) in [5.74, 6) is -0.0355. The number of nitrogens with zero attached hydrogens (tertiary/aromatic N) is 4. The van der Waals surface area contributed by atoms with Gasteiger partial charge < -0.3 is 10.3 Å². The molecule has 0 spiro atoms. The summed E-state index contributed by atoms with van der Waals surface area (Å²) in [4.78, 5) is 29.2. The van der Waals surface area contributed by atoms with Crippen LogP contribution in [0.1, 0.15) is 27.2 Å². The zero-order valence-corrected chi connectivity index (χ0v) is 21.4. The Kier molecular flexibility index (Phi) is 5.72. The summed E-state index contributed by atoms with van der Waals surface area (Å²) in [7, 11) is 0. The number of rotatable bonds is 5. The number of aromatic amines is 2. The molecule has 0 bridgehead atoms. The highest BCUT2D eigenvalue weighted by Gasteiger charge is 2.17. The number of pyridine rings is 3. The summed E-state index contributed by atoms with van der Waals surface area (Å²) in [6.45, 7) is 6.12. The lowest BCUT2D eigenvalue weighted by atomic mass is 9.92. The van der Waals surface area contributed by atoms with Crippen LogP contribution in [0, 0.1) is 5.41 Å². The van der Waals surface area contributed by atoms with E-state index >= 15 is 0 Å². The molecule has 38 heavy (non-hydrogen) atoms. The van der Waals surface area contributed by atoms with Gasteiger partial charge in [-0.1, -0.05) is 39.0 Å². The minimum Gasteiger partial charge on any atom is -0.353 e. The molecular weight excluding hydrogens is 474 g/mol. The Balaban J connectivity index is 1.36. The van der Waals surface area contributed by atoms with Crippen molar-refractivity contribution < 1.29 is 4.79 Å². The number of carbonyl (C=O) groups is 1. The normalized spacial score (nSPS) is 11.8. The van der Waals surface area contributed by atoms with Gasteiger partial charge in [0.05, 0.1) is 23.3 Å². The summed E-state index contributed by atoms with van der Waals surface area (Å²) in [6.07, 6.45) is 9.27. The number of amides is 1. The topological polar surface area (TPSA) is 112 Å². The van der Waals surface area contributed by atoms with Crippen molar-refractivity contribution in [3.63, 3.8) is 0 Å². The van der Waals surface area contributed by atoms with Gasteiger partial charge in [-0.3, -0.25) is 19.9 Å². The van der Waals surface area contributed by atoms with Gasteiger partial charge in [-0.15, -0.1) is 0 Å². The molecule has 8 nitrogen and oxygen atoms in total. The second-order valence-electron chi connectivity index (χ2n) is 10.6. The fourth-order valence-corrected chi connectivity index (χ4v) is 4.68. The third-order valence-electron chi connectivity index (χ3n) is 6.36. The molecule has 0 radical (unpaired) electrons. The van der Waals surface area contributed by atoms with E-state index in [0.717, 1.165) is 49.9 Å². The molecule has 0 aliphatic rings. The van der Waals surface area contributed by atoms with E-state index in [-0.39, 0.29) is 11.3 Å². The highest BCUT2D eigenvalue weighted by atomic mass is 16.1. The van der Waals surface area contributed by atoms with Crippen LogP contribution < -0.4 is 5.32 Å². The molecule has 6 aromatic rings. The Hall–Kier alpha value is -4.85. The number of hydrogen-bond donors (Lipinski definition) is 3. The number of fused-ring (bicyclic) bond motifs is 2. The highest BCUT2D eigenvalue weighted by molar-refractivity contribution is 6.01. The fraction of sp³-hybridized carbons (Fsp3) is 0.167. The maximum atomic E-state index is 12.4. The van der Waals surface area contributed by atoms with Crippen LogP contribution >= 0.6 is 0 Å². The Morgan fingerprint density at radius 1 is 0.895 bits per heavy atom. The van der Waals surface area contributed by atoms with E-state index in [9.17, 15) is 4.79 Å². The maximum Gasteiger partial charge on any atom is 0.224 e. The number of nitrogens with one attached hydrogen (secondary N) is 3. The number of carbonyl (C=O) groups excluding carboxylic acids is 1. The van der Waals surface area contributed by atoms with Crippen LogP contribution in [0.3, 0.4) is 0 Å². The van der Waals surface area contributed by atoms with Crippen molar-refractivity contribution in [3.8, 4) is 33.6 Å². The van der Waals surface area contributed by atoms with Gasteiger partial charge in [-0.2, -0.15) is 5.10 Å². The van der Waals surface area contributed by atoms with Gasteiger partial charge >= 0.3 is 0 Å². The molecule has 0 aliphatic heterocycles. The third kappa shape index (κ3) is 4.64. The van der Waals surface area contributed by atoms with E-state index in [0.29, 0.717) is 17.8 Å². The second kappa shape index (κ2) is 9.23. The standard InChI is InChI=1S/C30H27N7O/c1-30(2,3)13-27(38)34-21-10-19(15-32-17-21)20-11-24-28(36-37-29(24)33-16-20)26-12-23-22(7-4-8-25(23)35-26)18-6-5-9-31-14-18/h4-12,14-17,35H,13H2,1-3H3,(H,34,38)(H,33,36,37). The minimum atomic E-state index is -0.0941. The van der Waals surface area contributed by atoms with Crippen molar-refractivity contribution in [2.75, 3.05) is 5.32 Å². The predicted molar refractivity (Wildman–Crippen MR) is 150 cm³/mol. The van der Waals surface area contributed by atoms with E-state index in [4.69, 9.17) is 0 Å². The second-order valence-corrected chi connectivity index (χ2v) is 10.6. The van der Waals surface area contributed by atoms with Crippen molar-refractivity contribution in [1.29, 1.82) is 0 Å². The molecule has 0 unspecified atom stereocenters. The Morgan fingerprint density at radius 2 is 1.74 bits per heavy atom. The molecule has 8 heteroatoms. The zero-order chi connectivity index (χ0) is 26.3. The van der Waals surface area contributed by atoms with E-state index in [1.165, 1.54) is 0 Å². The lowest BCUT2D eigenvalue weighted by Gasteiger charge is -2.17. The molecule has 1 amide bonds. The molecule has 1 aromatic carbocycles. The molecular formula is C30H27N7O. The molecule has 0 fully saturated rings. The largest absolute Gasteiger partial charge is 0.353 e. The molecule has 6 rings (SSSR count). The van der Waals surface area contributed by atoms with Gasteiger partial charge in [-0.25, -0.2) is 4.98 Å². The van der Waals surface area contributed by atoms with Gasteiger partial charge in [0.15, 0.2) is 5.65 Å². The van der Waals surface area contributed by atoms with Crippen molar-refractivity contribution in [1.82, 2.24) is 30.1 Å². The first-order chi connectivity index (χ1) is 18.3. The van der Waals surface area contributed by atoms with Gasteiger partial charge in [-0.05, 0) is 41.3 Å². The lowest BCUT2D eigenvalue weighted by molar-refractivity contribution is -0.117. The summed E-state index contributed by atoms with van der Waals surface area (Å²) >= 11 is 0. The average molecular weight is 502 g/mol. The lowest BCUT2D eigenvalue weighted by Crippen LogP contribution is -2.19. The van der Waals surface area contributed by atoms with E-state index in [1.807, 2.05) is 51.2 Å². The van der Waals surface area contributed by atoms with Gasteiger partial charge in [0.25, 0.3) is 0 Å². The number of H-pyrrole nitrogens is 2. The number of hydrogen-bond acceptors (Lipinski definition) is 5. The predicted octanol–water partition coefficient (Wildman–Crippen LogP) is 6.60. The SMILES string of the molecule is CC(C)(C)CC(=O)Nc1cncc(-c2cnc3n[nH]c(-c4cc5c(-c6cccnc6)cccc5[nH]4)c3c2)c1. The summed E-state index contributed by atoms with van der Waals surface area (Å²) in [5.41, 5.74) is 7.88. The first kappa shape index (κ1) is 23.5. The summed E-state index contributed by atoms with van der Waals surface area (Å²) in [6, 6.07) is 16.3. The summed E-state index contributed by atoms with van der Waals surface area (Å²) in [5, 5.41) is 12.5. The van der Waals surface area contributed by atoms with Crippen LogP contribution in [0.2, 0.25) is 0 Å². The van der Waals surface area contributed by atoms with Gasteiger partial charge in [0, 0.05) is 64.2 Å². The minimum absolute atomic E-state index is 0.0355. The highest BCUT2D eigenvalue weighted by Crippen LogP contribution is 2.34. The van der Waals surface area contributed by atoms with Crippen LogP contribution in [0.25, 0.3) is 55.6 Å². The first-order valence-corrected chi connectivity index (χ1v) is 12.5. The first-order valence-electron chi connectivity index (χ1n) is 12.5. The zero-order valence-electron chi connectivity index (χ0n) is 21.4. The molecule has 188 valence electrons. The molecule has 0 aliphatic carbocycles. The maximum absolute atomic E-state index is 12.4. The van der Waals surface area contributed by atoms with Crippen molar-refractivity contribution in [2.45, 2.75) is 27.2 Å². The number of aromatic nitrogens is 6. The third-order valence-corrected chi connectivity index (χ3v) is 6.36. The van der Waals surface area contributed by atoms with Crippen molar-refractivity contribution in [3.05, 3.63) is 79.5 Å². The molecule has 5 heterocycles. The number of benzene rings is 1. The van der Waals surface area contributed by atoms with Crippen molar-refractivity contribution >= 4 is 33.5 Å². The van der Waals surface area contributed by atoms with Crippen LogP contribution in [0.5, 0.6) is 0 Å². The van der Waals surface area contributed by atoms with E-state index in [2.05, 4.69) is 59.7 Å². The Labute approximate surface area is 219 Å². The van der Waals surface area contributed by atoms with Gasteiger partial charge in [0.1, 0.15) is 0 Å². The van der Waals surface area contributed by atoms with Crippen LogP contribution in [0.15, 0.2) is 79.5 Å². The summed E-state index contributed by atoms with van der Waals surface area (Å²) < 4.78 is 0. The molecule has 0 saturated heterocycles. The molecule has 0 saturated carbocycles. The van der Waals surface area contributed by atoms with Crippen LogP contribution in [-0.2, 0) is 4.79 Å². The fourth-order valence-electron chi connectivity index (χ4n) is 4.68. The Morgan fingerprint density at radius 3 is 2.55 bits per heavy atom. The smallest absolute Gasteiger partial charge is 0.224 e. The van der Waals surface area contributed by atoms with Crippen molar-refractivity contribution in [2.24, 2.45) is 5.41 Å². The number of anilines is 1. The van der Waals surface area contributed by atoms with Crippen LogP contribution in [-0.4, -0.2) is 36.0 Å². The van der Waals surface area contributed by atoms with E-state index in [1.54, 1.807) is 24.8 Å². The quantitative estimate of drug-likeness (QED) is 0.246. The van der Waals surface area contributed by atoms with Crippen LogP contribution in [0.4, 0.5) is 5.69 Å².